The molecular formula is C15H20FN3. The molecule has 1 aromatic carbocycles. The van der Waals surface area contributed by atoms with Gasteiger partial charge in [-0.15, -0.1) is 0 Å². The zero-order chi connectivity index (χ0) is 13.9. The first-order valence-corrected chi connectivity index (χ1v) is 6.76. The van der Waals surface area contributed by atoms with Gasteiger partial charge in [-0.2, -0.15) is 5.26 Å². The van der Waals surface area contributed by atoms with Crippen molar-refractivity contribution >= 4 is 5.69 Å². The molecule has 0 heterocycles. The monoisotopic (exact) mass is 261 g/mol. The maximum Gasteiger partial charge on any atom is 0.125 e. The number of halogens is 1. The van der Waals surface area contributed by atoms with E-state index in [1.54, 1.807) is 6.07 Å². The number of hydrogen-bond acceptors (Lipinski definition) is 3. The minimum atomic E-state index is -0.594. The first kappa shape index (κ1) is 13.8. The molecule has 19 heavy (non-hydrogen) atoms. The number of hydrogen-bond donors (Lipinski definition) is 1. The second-order valence-electron chi connectivity index (χ2n) is 5.36. The Labute approximate surface area is 114 Å². The molecule has 0 amide bonds. The molecule has 0 saturated heterocycles. The molecule has 1 N–H and O–H groups in total. The van der Waals surface area contributed by atoms with Crippen LogP contribution in [0.2, 0.25) is 0 Å². The lowest BCUT2D eigenvalue weighted by molar-refractivity contribution is 0.440. The van der Waals surface area contributed by atoms with Crippen LogP contribution in [0.4, 0.5) is 10.1 Å². The summed E-state index contributed by atoms with van der Waals surface area (Å²) in [5.74, 6) is -0.246. The topological polar surface area (TPSA) is 39.1 Å². The Morgan fingerprint density at radius 2 is 2.26 bits per heavy atom. The fraction of sp³-hybridized carbons (Fsp3) is 0.533. The summed E-state index contributed by atoms with van der Waals surface area (Å²) in [6.07, 6.45) is 2.28. The van der Waals surface area contributed by atoms with Crippen LogP contribution in [0.1, 0.15) is 26.7 Å². The highest BCUT2D eigenvalue weighted by Gasteiger charge is 2.33. The predicted octanol–water partition coefficient (Wildman–Crippen LogP) is 2.69. The smallest absolute Gasteiger partial charge is 0.125 e. The molecule has 3 nitrogen and oxygen atoms in total. The summed E-state index contributed by atoms with van der Waals surface area (Å²) >= 11 is 0. The van der Waals surface area contributed by atoms with E-state index in [-0.39, 0.29) is 5.82 Å². The molecule has 1 unspecified atom stereocenters. The van der Waals surface area contributed by atoms with Gasteiger partial charge in [0.05, 0.1) is 6.07 Å². The number of likely N-dealkylation sites (N-methyl/N-ethyl adjacent to an activating group) is 1. The summed E-state index contributed by atoms with van der Waals surface area (Å²) in [5.41, 5.74) is 0.227. The Morgan fingerprint density at radius 1 is 1.53 bits per heavy atom. The number of rotatable bonds is 6. The molecular weight excluding hydrogens is 241 g/mol. The van der Waals surface area contributed by atoms with Gasteiger partial charge < -0.3 is 4.90 Å². The quantitative estimate of drug-likeness (QED) is 0.855. The number of nitrogens with one attached hydrogen (secondary N) is 1. The summed E-state index contributed by atoms with van der Waals surface area (Å²) in [4.78, 5) is 2.03. The minimum Gasteiger partial charge on any atom is -0.369 e. The minimum absolute atomic E-state index is 0.246. The van der Waals surface area contributed by atoms with E-state index in [0.717, 1.165) is 25.1 Å². The van der Waals surface area contributed by atoms with Gasteiger partial charge in [0.1, 0.15) is 11.4 Å². The van der Waals surface area contributed by atoms with Crippen LogP contribution >= 0.6 is 0 Å². The summed E-state index contributed by atoms with van der Waals surface area (Å²) in [5, 5.41) is 12.8. The lowest BCUT2D eigenvalue weighted by Crippen LogP contribution is -2.51. The largest absolute Gasteiger partial charge is 0.369 e. The zero-order valence-electron chi connectivity index (χ0n) is 11.5. The van der Waals surface area contributed by atoms with E-state index in [9.17, 15) is 9.65 Å². The molecule has 102 valence electrons. The normalized spacial score (nSPS) is 17.6. The van der Waals surface area contributed by atoms with E-state index >= 15 is 0 Å². The van der Waals surface area contributed by atoms with Crippen molar-refractivity contribution in [1.82, 2.24) is 5.32 Å². The molecule has 1 saturated carbocycles. The highest BCUT2D eigenvalue weighted by Crippen LogP contribution is 2.24. The van der Waals surface area contributed by atoms with Crippen molar-refractivity contribution in [3.8, 4) is 6.07 Å². The standard InChI is InChI=1S/C15H20FN3/c1-3-19(14-6-4-5-12(16)9-14)11-15(2,10-17)18-13-7-8-13/h4-6,9,13,18H,3,7-8,11H2,1-2H3. The highest BCUT2D eigenvalue weighted by molar-refractivity contribution is 5.47. The predicted molar refractivity (Wildman–Crippen MR) is 74.5 cm³/mol. The van der Waals surface area contributed by atoms with Crippen LogP contribution in [-0.4, -0.2) is 24.7 Å². The van der Waals surface area contributed by atoms with E-state index in [4.69, 9.17) is 0 Å². The molecule has 0 radical (unpaired) electrons. The molecule has 0 bridgehead atoms. The second kappa shape index (κ2) is 5.58. The van der Waals surface area contributed by atoms with Crippen LogP contribution in [0.15, 0.2) is 24.3 Å². The molecule has 0 aliphatic heterocycles. The summed E-state index contributed by atoms with van der Waals surface area (Å²) in [6.45, 7) is 5.22. The van der Waals surface area contributed by atoms with Crippen LogP contribution in [0.3, 0.4) is 0 Å². The maximum absolute atomic E-state index is 13.3. The SMILES string of the molecule is CCN(CC(C)(C#N)NC1CC1)c1cccc(F)c1. The molecule has 1 atom stereocenters. The average molecular weight is 261 g/mol. The van der Waals surface area contributed by atoms with Crippen LogP contribution in [0, 0.1) is 17.1 Å². The molecule has 0 aromatic heterocycles. The van der Waals surface area contributed by atoms with Crippen molar-refractivity contribution < 1.29 is 4.39 Å². The van der Waals surface area contributed by atoms with Crippen molar-refractivity contribution in [3.63, 3.8) is 0 Å². The lowest BCUT2D eigenvalue weighted by atomic mass is 10.0. The third-order valence-electron chi connectivity index (χ3n) is 3.41. The first-order valence-electron chi connectivity index (χ1n) is 6.76. The molecule has 1 aromatic rings. The molecule has 0 spiro atoms. The molecule has 1 aliphatic rings. The second-order valence-corrected chi connectivity index (χ2v) is 5.36. The van der Waals surface area contributed by atoms with Crippen LogP contribution in [-0.2, 0) is 0 Å². The number of nitriles is 1. The van der Waals surface area contributed by atoms with Crippen LogP contribution in [0.5, 0.6) is 0 Å². The van der Waals surface area contributed by atoms with Gasteiger partial charge in [-0.3, -0.25) is 5.32 Å². The van der Waals surface area contributed by atoms with E-state index in [1.807, 2.05) is 24.8 Å². The van der Waals surface area contributed by atoms with Gasteiger partial charge in [0.25, 0.3) is 0 Å². The van der Waals surface area contributed by atoms with Crippen molar-refractivity contribution in [2.24, 2.45) is 0 Å². The number of nitrogens with zero attached hydrogens (tertiary/aromatic N) is 2. The van der Waals surface area contributed by atoms with E-state index in [1.165, 1.54) is 12.1 Å². The molecule has 1 aliphatic carbocycles. The van der Waals surface area contributed by atoms with Crippen molar-refractivity contribution in [1.29, 1.82) is 5.26 Å². The van der Waals surface area contributed by atoms with Gasteiger partial charge in [-0.25, -0.2) is 4.39 Å². The lowest BCUT2D eigenvalue weighted by Gasteiger charge is -2.32. The first-order chi connectivity index (χ1) is 9.06. The van der Waals surface area contributed by atoms with Crippen LogP contribution < -0.4 is 10.2 Å². The Kier molecular flexibility index (Phi) is 4.06. The molecule has 1 fully saturated rings. The Morgan fingerprint density at radius 3 is 2.79 bits per heavy atom. The van der Waals surface area contributed by atoms with Crippen molar-refractivity contribution in [3.05, 3.63) is 30.1 Å². The third-order valence-corrected chi connectivity index (χ3v) is 3.41. The number of benzene rings is 1. The van der Waals surface area contributed by atoms with E-state index in [2.05, 4.69) is 11.4 Å². The van der Waals surface area contributed by atoms with Gasteiger partial charge in [0, 0.05) is 24.8 Å². The van der Waals surface area contributed by atoms with Gasteiger partial charge >= 0.3 is 0 Å². The molecule has 2 rings (SSSR count). The van der Waals surface area contributed by atoms with E-state index in [0.29, 0.717) is 12.6 Å². The third kappa shape index (κ3) is 3.68. The average Bonchev–Trinajstić information content (AvgIpc) is 3.20. The zero-order valence-corrected chi connectivity index (χ0v) is 11.5. The fourth-order valence-corrected chi connectivity index (χ4v) is 2.23. The highest BCUT2D eigenvalue weighted by atomic mass is 19.1. The fourth-order valence-electron chi connectivity index (χ4n) is 2.23. The van der Waals surface area contributed by atoms with Gasteiger partial charge in [0.2, 0.25) is 0 Å². The summed E-state index contributed by atoms with van der Waals surface area (Å²) < 4.78 is 13.3. The van der Waals surface area contributed by atoms with Gasteiger partial charge in [0.15, 0.2) is 0 Å². The summed E-state index contributed by atoms with van der Waals surface area (Å²) in [6, 6.07) is 9.34. The van der Waals surface area contributed by atoms with E-state index < -0.39 is 5.54 Å². The Bertz CT molecular complexity index is 479. The maximum atomic E-state index is 13.3. The molecule has 4 heteroatoms. The van der Waals surface area contributed by atoms with Gasteiger partial charge in [-0.1, -0.05) is 6.07 Å². The van der Waals surface area contributed by atoms with Crippen molar-refractivity contribution in [2.45, 2.75) is 38.3 Å². The Hall–Kier alpha value is -1.60. The van der Waals surface area contributed by atoms with Gasteiger partial charge in [-0.05, 0) is 44.9 Å². The summed E-state index contributed by atoms with van der Waals surface area (Å²) in [7, 11) is 0. The Balaban J connectivity index is 2.11. The van der Waals surface area contributed by atoms with Crippen molar-refractivity contribution in [2.75, 3.05) is 18.0 Å². The number of anilines is 1. The van der Waals surface area contributed by atoms with Crippen LogP contribution in [0.25, 0.3) is 0 Å².